The van der Waals surface area contributed by atoms with Crippen LogP contribution in [0, 0.1) is 0 Å². The molecule has 2 aromatic heterocycles. The SMILES string of the molecule is NC(=O)Cc1cc(-c2ccnc(C(F)(F)F)c2)cs1. The molecule has 0 aliphatic carbocycles. The zero-order chi connectivity index (χ0) is 14.0. The Hall–Kier alpha value is -1.89. The number of hydrogen-bond donors (Lipinski definition) is 1. The molecule has 0 bridgehead atoms. The van der Waals surface area contributed by atoms with Crippen molar-refractivity contribution in [2.24, 2.45) is 5.73 Å². The summed E-state index contributed by atoms with van der Waals surface area (Å²) in [6, 6.07) is 4.13. The molecule has 0 spiro atoms. The molecule has 100 valence electrons. The summed E-state index contributed by atoms with van der Waals surface area (Å²) >= 11 is 1.28. The highest BCUT2D eigenvalue weighted by Crippen LogP contribution is 2.32. The maximum atomic E-state index is 12.5. The number of thiophene rings is 1. The fraction of sp³-hybridized carbons (Fsp3) is 0.167. The molecule has 2 heterocycles. The molecule has 3 nitrogen and oxygen atoms in total. The molecule has 0 saturated carbocycles. The Balaban J connectivity index is 2.32. The predicted octanol–water partition coefficient (Wildman–Crippen LogP) is 2.86. The number of alkyl halides is 3. The molecular weight excluding hydrogens is 277 g/mol. The van der Waals surface area contributed by atoms with E-state index in [9.17, 15) is 18.0 Å². The highest BCUT2D eigenvalue weighted by molar-refractivity contribution is 7.10. The third kappa shape index (κ3) is 3.31. The molecule has 0 unspecified atom stereocenters. The number of primary amides is 1. The van der Waals surface area contributed by atoms with Gasteiger partial charge in [-0.1, -0.05) is 0 Å². The Morgan fingerprint density at radius 1 is 1.32 bits per heavy atom. The minimum absolute atomic E-state index is 0.0852. The summed E-state index contributed by atoms with van der Waals surface area (Å²) in [5.41, 5.74) is 5.16. The standard InChI is InChI=1S/C12H9F3N2OS/c13-12(14,15)10-4-7(1-2-17-10)8-3-9(19-6-8)5-11(16)18/h1-4,6H,5H2,(H2,16,18). The van der Waals surface area contributed by atoms with Crippen LogP contribution in [-0.4, -0.2) is 10.9 Å². The monoisotopic (exact) mass is 286 g/mol. The van der Waals surface area contributed by atoms with Gasteiger partial charge in [0.25, 0.3) is 0 Å². The largest absolute Gasteiger partial charge is 0.433 e. The van der Waals surface area contributed by atoms with Crippen molar-refractivity contribution in [2.75, 3.05) is 0 Å². The lowest BCUT2D eigenvalue weighted by Gasteiger charge is -2.06. The summed E-state index contributed by atoms with van der Waals surface area (Å²) < 4.78 is 37.6. The van der Waals surface area contributed by atoms with E-state index in [-0.39, 0.29) is 6.42 Å². The Labute approximate surface area is 110 Å². The van der Waals surface area contributed by atoms with Crippen molar-refractivity contribution >= 4 is 17.2 Å². The number of halogens is 3. The summed E-state index contributed by atoms with van der Waals surface area (Å²) in [4.78, 5) is 14.8. The molecule has 2 aromatic rings. The average molecular weight is 286 g/mol. The molecule has 1 amide bonds. The van der Waals surface area contributed by atoms with Gasteiger partial charge in [-0.3, -0.25) is 9.78 Å². The van der Waals surface area contributed by atoms with Crippen LogP contribution >= 0.6 is 11.3 Å². The average Bonchev–Trinajstić information content (AvgIpc) is 2.76. The van der Waals surface area contributed by atoms with E-state index < -0.39 is 17.8 Å². The van der Waals surface area contributed by atoms with Gasteiger partial charge in [-0.25, -0.2) is 0 Å². The van der Waals surface area contributed by atoms with Crippen LogP contribution in [0.4, 0.5) is 13.2 Å². The topological polar surface area (TPSA) is 56.0 Å². The van der Waals surface area contributed by atoms with E-state index in [0.29, 0.717) is 16.0 Å². The minimum atomic E-state index is -4.47. The highest BCUT2D eigenvalue weighted by Gasteiger charge is 2.32. The van der Waals surface area contributed by atoms with Gasteiger partial charge in [0.1, 0.15) is 5.69 Å². The number of aromatic nitrogens is 1. The maximum absolute atomic E-state index is 12.5. The Morgan fingerprint density at radius 3 is 2.68 bits per heavy atom. The first-order valence-corrected chi connectivity index (χ1v) is 6.13. The fourth-order valence-electron chi connectivity index (χ4n) is 1.56. The second-order valence-electron chi connectivity index (χ2n) is 3.87. The number of nitrogens with zero attached hydrogens (tertiary/aromatic N) is 1. The third-order valence-electron chi connectivity index (χ3n) is 2.39. The van der Waals surface area contributed by atoms with Crippen molar-refractivity contribution in [2.45, 2.75) is 12.6 Å². The van der Waals surface area contributed by atoms with E-state index in [1.807, 2.05) is 0 Å². The lowest BCUT2D eigenvalue weighted by Crippen LogP contribution is -2.12. The van der Waals surface area contributed by atoms with Gasteiger partial charge in [-0.15, -0.1) is 11.3 Å². The van der Waals surface area contributed by atoms with Crippen LogP contribution in [0.3, 0.4) is 0 Å². The minimum Gasteiger partial charge on any atom is -0.369 e. The lowest BCUT2D eigenvalue weighted by atomic mass is 10.1. The second kappa shape index (κ2) is 5.00. The quantitative estimate of drug-likeness (QED) is 0.943. The first kappa shape index (κ1) is 13.5. The Kier molecular flexibility index (Phi) is 3.57. The van der Waals surface area contributed by atoms with Gasteiger partial charge in [0.2, 0.25) is 5.91 Å². The molecule has 0 fully saturated rings. The zero-order valence-electron chi connectivity index (χ0n) is 9.57. The Morgan fingerprint density at radius 2 is 2.05 bits per heavy atom. The van der Waals surface area contributed by atoms with E-state index >= 15 is 0 Å². The van der Waals surface area contributed by atoms with Crippen molar-refractivity contribution in [1.82, 2.24) is 4.98 Å². The van der Waals surface area contributed by atoms with Gasteiger partial charge >= 0.3 is 6.18 Å². The molecule has 2 N–H and O–H groups in total. The van der Waals surface area contributed by atoms with Crippen LogP contribution in [0.25, 0.3) is 11.1 Å². The van der Waals surface area contributed by atoms with Gasteiger partial charge in [-0.2, -0.15) is 13.2 Å². The van der Waals surface area contributed by atoms with Crippen LogP contribution in [0.15, 0.2) is 29.8 Å². The molecule has 0 radical (unpaired) electrons. The van der Waals surface area contributed by atoms with Gasteiger partial charge in [0, 0.05) is 11.1 Å². The van der Waals surface area contributed by atoms with E-state index in [4.69, 9.17) is 5.73 Å². The predicted molar refractivity (Wildman–Crippen MR) is 65.5 cm³/mol. The van der Waals surface area contributed by atoms with Crippen molar-refractivity contribution in [1.29, 1.82) is 0 Å². The van der Waals surface area contributed by atoms with E-state index in [0.717, 1.165) is 12.3 Å². The van der Waals surface area contributed by atoms with Crippen molar-refractivity contribution < 1.29 is 18.0 Å². The fourth-order valence-corrected chi connectivity index (χ4v) is 2.46. The Bertz CT molecular complexity index is 607. The van der Waals surface area contributed by atoms with E-state index in [1.165, 1.54) is 17.4 Å². The number of amides is 1. The molecule has 0 saturated heterocycles. The maximum Gasteiger partial charge on any atom is 0.433 e. The number of nitrogens with two attached hydrogens (primary N) is 1. The first-order valence-electron chi connectivity index (χ1n) is 5.25. The second-order valence-corrected chi connectivity index (χ2v) is 4.87. The first-order chi connectivity index (χ1) is 8.86. The van der Waals surface area contributed by atoms with E-state index in [2.05, 4.69) is 4.98 Å². The van der Waals surface area contributed by atoms with Crippen LogP contribution < -0.4 is 5.73 Å². The van der Waals surface area contributed by atoms with Crippen molar-refractivity contribution in [3.63, 3.8) is 0 Å². The lowest BCUT2D eigenvalue weighted by molar-refractivity contribution is -0.141. The van der Waals surface area contributed by atoms with Gasteiger partial charge < -0.3 is 5.73 Å². The number of carbonyl (C=O) groups is 1. The summed E-state index contributed by atoms with van der Waals surface area (Å²) in [5.74, 6) is -0.473. The van der Waals surface area contributed by atoms with Crippen molar-refractivity contribution in [3.05, 3.63) is 40.3 Å². The van der Waals surface area contributed by atoms with Crippen LogP contribution in [-0.2, 0) is 17.4 Å². The van der Waals surface area contributed by atoms with Crippen LogP contribution in [0.1, 0.15) is 10.6 Å². The van der Waals surface area contributed by atoms with Crippen LogP contribution in [0.5, 0.6) is 0 Å². The van der Waals surface area contributed by atoms with Crippen molar-refractivity contribution in [3.8, 4) is 11.1 Å². The smallest absolute Gasteiger partial charge is 0.369 e. The number of rotatable bonds is 3. The summed E-state index contributed by atoms with van der Waals surface area (Å²) in [7, 11) is 0. The number of hydrogen-bond acceptors (Lipinski definition) is 3. The van der Waals surface area contributed by atoms with E-state index in [1.54, 1.807) is 11.4 Å². The number of carbonyl (C=O) groups excluding carboxylic acids is 1. The molecular formula is C12H9F3N2OS. The number of pyridine rings is 1. The molecule has 0 aliphatic heterocycles. The summed E-state index contributed by atoms with van der Waals surface area (Å²) in [5, 5.41) is 1.69. The highest BCUT2D eigenvalue weighted by atomic mass is 32.1. The zero-order valence-corrected chi connectivity index (χ0v) is 10.4. The van der Waals surface area contributed by atoms with Crippen LogP contribution in [0.2, 0.25) is 0 Å². The van der Waals surface area contributed by atoms with Gasteiger partial charge in [0.05, 0.1) is 6.42 Å². The molecule has 0 atom stereocenters. The molecule has 19 heavy (non-hydrogen) atoms. The van der Waals surface area contributed by atoms with Gasteiger partial charge in [-0.05, 0) is 34.7 Å². The van der Waals surface area contributed by atoms with Gasteiger partial charge in [0.15, 0.2) is 0 Å². The normalized spacial score (nSPS) is 11.5. The molecule has 0 aromatic carbocycles. The summed E-state index contributed by atoms with van der Waals surface area (Å²) in [6.45, 7) is 0. The third-order valence-corrected chi connectivity index (χ3v) is 3.32. The molecule has 7 heteroatoms. The molecule has 0 aliphatic rings. The molecule has 2 rings (SSSR count). The summed E-state index contributed by atoms with van der Waals surface area (Å²) in [6.07, 6.45) is -3.27.